The van der Waals surface area contributed by atoms with Crippen LogP contribution in [0.5, 0.6) is 0 Å². The number of guanidine groups is 1. The van der Waals surface area contributed by atoms with Gasteiger partial charge >= 0.3 is 6.09 Å². The number of nitrogens with one attached hydrogen (secondary N) is 2. The van der Waals surface area contributed by atoms with Crippen molar-refractivity contribution in [3.05, 3.63) is 35.4 Å². The molecule has 144 valence electrons. The molecule has 1 aliphatic heterocycles. The van der Waals surface area contributed by atoms with Crippen LogP contribution in [0.4, 0.5) is 4.79 Å². The highest BCUT2D eigenvalue weighted by Crippen LogP contribution is 2.15. The smallest absolute Gasteiger partial charge is 0.410 e. The lowest BCUT2D eigenvalue weighted by atomic mass is 10.1. The molecule has 1 aromatic rings. The fourth-order valence-electron chi connectivity index (χ4n) is 2.54. The fourth-order valence-corrected chi connectivity index (χ4v) is 2.54. The van der Waals surface area contributed by atoms with Crippen LogP contribution in [0.2, 0.25) is 0 Å². The van der Waals surface area contributed by atoms with Gasteiger partial charge in [-0.2, -0.15) is 0 Å². The molecule has 0 saturated carbocycles. The van der Waals surface area contributed by atoms with Gasteiger partial charge in [0, 0.05) is 33.8 Å². The maximum absolute atomic E-state index is 11.9. The number of benzene rings is 1. The van der Waals surface area contributed by atoms with E-state index in [0.717, 1.165) is 17.1 Å². The first kappa shape index (κ1) is 20.0. The highest BCUT2D eigenvalue weighted by molar-refractivity contribution is 5.80. The van der Waals surface area contributed by atoms with E-state index in [0.29, 0.717) is 26.2 Å². The molecule has 0 spiro atoms. The minimum Gasteiger partial charge on any atom is -0.444 e. The third kappa shape index (κ3) is 6.22. The normalized spacial score (nSPS) is 15.4. The molecule has 2 N–H and O–H groups in total. The minimum atomic E-state index is -0.466. The summed E-state index contributed by atoms with van der Waals surface area (Å²) in [5.41, 5.74) is 1.85. The summed E-state index contributed by atoms with van der Waals surface area (Å²) in [6.45, 7) is 8.13. The average Bonchev–Trinajstić information content (AvgIpc) is 2.53. The number of aliphatic imine (C=N–C) groups is 1. The van der Waals surface area contributed by atoms with Crippen LogP contribution in [0.3, 0.4) is 0 Å². The van der Waals surface area contributed by atoms with E-state index < -0.39 is 5.60 Å². The monoisotopic (exact) mass is 362 g/mol. The van der Waals surface area contributed by atoms with E-state index in [1.54, 1.807) is 19.1 Å². The Morgan fingerprint density at radius 1 is 1.23 bits per heavy atom. The summed E-state index contributed by atoms with van der Waals surface area (Å²) >= 11 is 0. The summed E-state index contributed by atoms with van der Waals surface area (Å²) in [6, 6.07) is 8.44. The molecule has 7 heteroatoms. The Balaban J connectivity index is 1.73. The number of carbonyl (C=O) groups is 1. The van der Waals surface area contributed by atoms with Gasteiger partial charge in [0.05, 0.1) is 12.6 Å². The zero-order chi connectivity index (χ0) is 19.2. The number of methoxy groups -OCH3 is 1. The summed E-state index contributed by atoms with van der Waals surface area (Å²) in [7, 11) is 3.43. The first-order valence-electron chi connectivity index (χ1n) is 8.82. The molecule has 1 fully saturated rings. The SMILES string of the molecule is CN=C(NCc1ccc(COC)cc1)NC1CN(C(=O)OC(C)(C)C)C1. The van der Waals surface area contributed by atoms with Gasteiger partial charge in [0.1, 0.15) is 5.60 Å². The van der Waals surface area contributed by atoms with E-state index in [1.165, 1.54) is 0 Å². The molecule has 2 rings (SSSR count). The van der Waals surface area contributed by atoms with E-state index in [4.69, 9.17) is 9.47 Å². The summed E-state index contributed by atoms with van der Waals surface area (Å²) in [4.78, 5) is 17.9. The van der Waals surface area contributed by atoms with Crippen molar-refractivity contribution < 1.29 is 14.3 Å². The third-order valence-corrected chi connectivity index (χ3v) is 3.89. The Hall–Kier alpha value is -2.28. The number of nitrogens with zero attached hydrogens (tertiary/aromatic N) is 2. The van der Waals surface area contributed by atoms with Crippen LogP contribution < -0.4 is 10.6 Å². The molecule has 1 heterocycles. The predicted molar refractivity (Wildman–Crippen MR) is 102 cm³/mol. The number of ether oxygens (including phenoxy) is 2. The summed E-state index contributed by atoms with van der Waals surface area (Å²) < 4.78 is 10.5. The maximum atomic E-state index is 11.9. The molecule has 1 aromatic carbocycles. The van der Waals surface area contributed by atoms with Crippen LogP contribution in [0.1, 0.15) is 31.9 Å². The van der Waals surface area contributed by atoms with Crippen molar-refractivity contribution in [2.75, 3.05) is 27.2 Å². The van der Waals surface area contributed by atoms with Gasteiger partial charge in [0.25, 0.3) is 0 Å². The van der Waals surface area contributed by atoms with Crippen molar-refractivity contribution in [2.24, 2.45) is 4.99 Å². The average molecular weight is 362 g/mol. The number of rotatable bonds is 5. The van der Waals surface area contributed by atoms with Crippen LogP contribution in [0.25, 0.3) is 0 Å². The quantitative estimate of drug-likeness (QED) is 0.620. The Kier molecular flexibility index (Phi) is 6.85. The first-order chi connectivity index (χ1) is 12.3. The van der Waals surface area contributed by atoms with Crippen molar-refractivity contribution in [1.82, 2.24) is 15.5 Å². The zero-order valence-corrected chi connectivity index (χ0v) is 16.3. The van der Waals surface area contributed by atoms with Gasteiger partial charge in [-0.05, 0) is 31.9 Å². The number of carbonyl (C=O) groups excluding carboxylic acids is 1. The molecular weight excluding hydrogens is 332 g/mol. The maximum Gasteiger partial charge on any atom is 0.410 e. The largest absolute Gasteiger partial charge is 0.444 e. The number of hydrogen-bond acceptors (Lipinski definition) is 4. The summed E-state index contributed by atoms with van der Waals surface area (Å²) in [6.07, 6.45) is -0.269. The van der Waals surface area contributed by atoms with Gasteiger partial charge in [-0.25, -0.2) is 4.79 Å². The van der Waals surface area contributed by atoms with Crippen LogP contribution in [0.15, 0.2) is 29.3 Å². The van der Waals surface area contributed by atoms with Gasteiger partial charge in [-0.3, -0.25) is 4.99 Å². The molecule has 0 bridgehead atoms. The van der Waals surface area contributed by atoms with Crippen LogP contribution >= 0.6 is 0 Å². The molecule has 0 unspecified atom stereocenters. The van der Waals surface area contributed by atoms with Crippen molar-refractivity contribution in [3.8, 4) is 0 Å². The number of amides is 1. The fraction of sp³-hybridized carbons (Fsp3) is 0.579. The first-order valence-corrected chi connectivity index (χ1v) is 8.82. The molecule has 0 aromatic heterocycles. The molecule has 26 heavy (non-hydrogen) atoms. The Morgan fingerprint density at radius 2 is 1.85 bits per heavy atom. The molecule has 0 aliphatic carbocycles. The van der Waals surface area contributed by atoms with E-state index >= 15 is 0 Å². The lowest BCUT2D eigenvalue weighted by Gasteiger charge is -2.40. The number of likely N-dealkylation sites (tertiary alicyclic amines) is 1. The van der Waals surface area contributed by atoms with E-state index in [-0.39, 0.29) is 12.1 Å². The van der Waals surface area contributed by atoms with E-state index in [9.17, 15) is 4.79 Å². The van der Waals surface area contributed by atoms with Gasteiger partial charge in [0.2, 0.25) is 0 Å². The second kappa shape index (κ2) is 8.89. The Morgan fingerprint density at radius 3 is 2.38 bits per heavy atom. The Bertz CT molecular complexity index is 617. The molecule has 1 amide bonds. The van der Waals surface area contributed by atoms with Crippen molar-refractivity contribution >= 4 is 12.1 Å². The van der Waals surface area contributed by atoms with E-state index in [2.05, 4.69) is 39.9 Å². The molecule has 1 aliphatic rings. The molecular formula is C19H30N4O3. The second-order valence-electron chi connectivity index (χ2n) is 7.40. The van der Waals surface area contributed by atoms with Crippen LogP contribution in [-0.2, 0) is 22.6 Å². The highest BCUT2D eigenvalue weighted by Gasteiger charge is 2.34. The van der Waals surface area contributed by atoms with Gasteiger partial charge in [-0.15, -0.1) is 0 Å². The minimum absolute atomic E-state index is 0.179. The molecule has 1 saturated heterocycles. The highest BCUT2D eigenvalue weighted by atomic mass is 16.6. The van der Waals surface area contributed by atoms with Crippen LogP contribution in [-0.4, -0.2) is 55.8 Å². The standard InChI is InChI=1S/C19H30N4O3/c1-19(2,3)26-18(24)23-11-16(12-23)22-17(20-4)21-10-14-6-8-15(9-7-14)13-25-5/h6-9,16H,10-13H2,1-5H3,(H2,20,21,22). The zero-order valence-electron chi connectivity index (χ0n) is 16.3. The predicted octanol–water partition coefficient (Wildman–Crippen LogP) is 2.12. The van der Waals surface area contributed by atoms with Gasteiger partial charge in [-0.1, -0.05) is 24.3 Å². The summed E-state index contributed by atoms with van der Waals surface area (Å²) in [5.74, 6) is 0.722. The van der Waals surface area contributed by atoms with Crippen molar-refractivity contribution in [3.63, 3.8) is 0 Å². The second-order valence-corrected chi connectivity index (χ2v) is 7.40. The number of hydrogen-bond donors (Lipinski definition) is 2. The lowest BCUT2D eigenvalue weighted by Crippen LogP contribution is -2.63. The topological polar surface area (TPSA) is 75.2 Å². The van der Waals surface area contributed by atoms with Crippen molar-refractivity contribution in [1.29, 1.82) is 0 Å². The molecule has 0 atom stereocenters. The molecule has 0 radical (unpaired) electrons. The Labute approximate surface area is 155 Å². The third-order valence-electron chi connectivity index (χ3n) is 3.89. The summed E-state index contributed by atoms with van der Waals surface area (Å²) in [5, 5.41) is 6.61. The van der Waals surface area contributed by atoms with Gasteiger partial charge < -0.3 is 25.0 Å². The van der Waals surface area contributed by atoms with Crippen LogP contribution in [0, 0.1) is 0 Å². The lowest BCUT2D eigenvalue weighted by molar-refractivity contribution is 0.00701. The van der Waals surface area contributed by atoms with Crippen molar-refractivity contribution in [2.45, 2.75) is 45.6 Å². The molecule has 7 nitrogen and oxygen atoms in total. The van der Waals surface area contributed by atoms with Gasteiger partial charge in [0.15, 0.2) is 5.96 Å². The van der Waals surface area contributed by atoms with E-state index in [1.807, 2.05) is 20.8 Å².